The summed E-state index contributed by atoms with van der Waals surface area (Å²) in [5.74, 6) is -0.782. The van der Waals surface area contributed by atoms with E-state index in [9.17, 15) is 14.0 Å². The topological polar surface area (TPSA) is 62.4 Å². The van der Waals surface area contributed by atoms with Crippen LogP contribution in [0.4, 0.5) is 4.39 Å². The lowest BCUT2D eigenvalue weighted by Crippen LogP contribution is -2.35. The number of H-pyrrole nitrogens is 1. The number of amides is 1. The highest BCUT2D eigenvalue weighted by molar-refractivity contribution is 5.95. The molecule has 2 aromatic rings. The van der Waals surface area contributed by atoms with Gasteiger partial charge in [-0.3, -0.25) is 9.59 Å². The smallest absolute Gasteiger partial charge is 0.270 e. The van der Waals surface area contributed by atoms with Crippen LogP contribution >= 0.6 is 0 Å². The van der Waals surface area contributed by atoms with Crippen molar-refractivity contribution in [1.82, 2.24) is 9.88 Å². The van der Waals surface area contributed by atoms with Crippen molar-refractivity contribution in [2.75, 3.05) is 19.7 Å². The third-order valence-corrected chi connectivity index (χ3v) is 5.41. The Hall–Kier alpha value is -2.21. The number of fused-ring (bicyclic) bond motifs is 1. The summed E-state index contributed by atoms with van der Waals surface area (Å²) in [7, 11) is 0. The molecule has 2 aliphatic rings. The largest absolute Gasteiger partial charge is 0.375 e. The molecule has 6 heteroatoms. The van der Waals surface area contributed by atoms with Gasteiger partial charge in [0.15, 0.2) is 5.43 Å². The molecular weight excluding hydrogens is 323 g/mol. The number of carbonyl (C=O) groups is 1. The third kappa shape index (κ3) is 2.95. The van der Waals surface area contributed by atoms with E-state index < -0.39 is 5.82 Å². The summed E-state index contributed by atoms with van der Waals surface area (Å²) in [5.41, 5.74) is -0.200. The van der Waals surface area contributed by atoms with Crippen molar-refractivity contribution in [3.8, 4) is 0 Å². The Morgan fingerprint density at radius 1 is 1.20 bits per heavy atom. The maximum absolute atomic E-state index is 14.0. The lowest BCUT2D eigenvalue weighted by atomic mass is 9.92. The number of benzene rings is 1. The molecule has 1 aromatic carbocycles. The van der Waals surface area contributed by atoms with Gasteiger partial charge in [0.25, 0.3) is 5.91 Å². The number of pyridine rings is 1. The Balaban J connectivity index is 1.61. The molecule has 2 saturated heterocycles. The first kappa shape index (κ1) is 16.3. The summed E-state index contributed by atoms with van der Waals surface area (Å²) < 4.78 is 19.9. The van der Waals surface area contributed by atoms with Crippen LogP contribution in [0.5, 0.6) is 0 Å². The molecule has 0 saturated carbocycles. The Labute approximate surface area is 144 Å². The first-order valence-corrected chi connectivity index (χ1v) is 8.83. The monoisotopic (exact) mass is 344 g/mol. The molecule has 1 spiro atoms. The number of rotatable bonds is 1. The highest BCUT2D eigenvalue weighted by Gasteiger charge is 2.37. The van der Waals surface area contributed by atoms with Crippen molar-refractivity contribution in [2.24, 2.45) is 0 Å². The predicted molar refractivity (Wildman–Crippen MR) is 92.2 cm³/mol. The molecule has 1 N–H and O–H groups in total. The number of ether oxygens (including phenoxy) is 1. The number of aromatic amines is 1. The van der Waals surface area contributed by atoms with Gasteiger partial charge in [-0.1, -0.05) is 6.07 Å². The van der Waals surface area contributed by atoms with Crippen LogP contribution < -0.4 is 5.43 Å². The van der Waals surface area contributed by atoms with Crippen molar-refractivity contribution in [1.29, 1.82) is 0 Å². The molecule has 0 radical (unpaired) electrons. The fourth-order valence-corrected chi connectivity index (χ4v) is 4.04. The maximum Gasteiger partial charge on any atom is 0.270 e. The Morgan fingerprint density at radius 2 is 2.04 bits per heavy atom. The lowest BCUT2D eigenvalue weighted by Gasteiger charge is -2.26. The molecule has 5 nitrogen and oxygen atoms in total. The summed E-state index contributed by atoms with van der Waals surface area (Å²) in [5, 5.41) is 0.255. The summed E-state index contributed by atoms with van der Waals surface area (Å²) >= 11 is 0. The van der Waals surface area contributed by atoms with Crippen LogP contribution in [0.15, 0.2) is 29.1 Å². The van der Waals surface area contributed by atoms with Gasteiger partial charge in [-0.15, -0.1) is 0 Å². The number of likely N-dealkylation sites (tertiary alicyclic amines) is 1. The minimum absolute atomic E-state index is 0.0854. The van der Waals surface area contributed by atoms with Crippen LogP contribution in [0.25, 0.3) is 10.9 Å². The van der Waals surface area contributed by atoms with Crippen LogP contribution in [-0.4, -0.2) is 41.1 Å². The second-order valence-corrected chi connectivity index (χ2v) is 6.99. The minimum Gasteiger partial charge on any atom is -0.375 e. The van der Waals surface area contributed by atoms with Crippen molar-refractivity contribution >= 4 is 16.8 Å². The van der Waals surface area contributed by atoms with E-state index in [0.717, 1.165) is 38.7 Å². The number of hydrogen-bond donors (Lipinski definition) is 1. The molecule has 2 aliphatic heterocycles. The van der Waals surface area contributed by atoms with Gasteiger partial charge in [-0.05, 0) is 44.2 Å². The van der Waals surface area contributed by atoms with E-state index in [1.54, 1.807) is 11.0 Å². The number of aromatic nitrogens is 1. The first-order valence-electron chi connectivity index (χ1n) is 8.83. The number of hydrogen-bond acceptors (Lipinski definition) is 3. The van der Waals surface area contributed by atoms with Gasteiger partial charge in [-0.2, -0.15) is 0 Å². The SMILES string of the molecule is O=C(c1cc(=O)c2cccc(F)c2[nH]1)N1CCC[C@@]2(CCCO2)CC1. The quantitative estimate of drug-likeness (QED) is 0.865. The molecular formula is C19H21FN2O3. The fraction of sp³-hybridized carbons (Fsp3) is 0.474. The standard InChI is InChI=1S/C19H21FN2O3/c20-14-5-1-4-13-16(23)12-15(21-17(13)14)18(24)22-9-2-6-19(8-10-22)7-3-11-25-19/h1,4-5,12H,2-3,6-11H2,(H,21,23)/t19-/m1/s1. The second kappa shape index (κ2) is 6.26. The van der Waals surface area contributed by atoms with Crippen molar-refractivity contribution in [2.45, 2.75) is 37.7 Å². The van der Waals surface area contributed by atoms with Crippen LogP contribution in [0.2, 0.25) is 0 Å². The van der Waals surface area contributed by atoms with Crippen molar-refractivity contribution < 1.29 is 13.9 Å². The molecule has 0 unspecified atom stereocenters. The summed E-state index contributed by atoms with van der Waals surface area (Å²) in [6.07, 6.45) is 4.76. The van der Waals surface area contributed by atoms with Gasteiger partial charge >= 0.3 is 0 Å². The van der Waals surface area contributed by atoms with Gasteiger partial charge < -0.3 is 14.6 Å². The van der Waals surface area contributed by atoms with E-state index in [-0.39, 0.29) is 33.5 Å². The van der Waals surface area contributed by atoms with Gasteiger partial charge in [0, 0.05) is 31.1 Å². The Kier molecular flexibility index (Phi) is 4.07. The molecule has 1 aromatic heterocycles. The summed E-state index contributed by atoms with van der Waals surface area (Å²) in [6, 6.07) is 5.60. The zero-order valence-electron chi connectivity index (χ0n) is 14.0. The number of nitrogens with zero attached hydrogens (tertiary/aromatic N) is 1. The third-order valence-electron chi connectivity index (χ3n) is 5.41. The fourth-order valence-electron chi connectivity index (χ4n) is 4.04. The van der Waals surface area contributed by atoms with Gasteiger partial charge in [0.1, 0.15) is 11.5 Å². The molecule has 1 amide bonds. The second-order valence-electron chi connectivity index (χ2n) is 6.99. The molecule has 4 rings (SSSR count). The Bertz CT molecular complexity index is 871. The highest BCUT2D eigenvalue weighted by atomic mass is 19.1. The molecule has 3 heterocycles. The van der Waals surface area contributed by atoms with Crippen LogP contribution in [0.1, 0.15) is 42.6 Å². The van der Waals surface area contributed by atoms with E-state index in [4.69, 9.17) is 4.74 Å². The summed E-state index contributed by atoms with van der Waals surface area (Å²) in [4.78, 5) is 29.7. The molecule has 2 fully saturated rings. The molecule has 1 atom stereocenters. The van der Waals surface area contributed by atoms with Crippen LogP contribution in [0.3, 0.4) is 0 Å². The van der Waals surface area contributed by atoms with Gasteiger partial charge in [0.2, 0.25) is 0 Å². The van der Waals surface area contributed by atoms with Crippen LogP contribution in [-0.2, 0) is 4.74 Å². The average molecular weight is 344 g/mol. The highest BCUT2D eigenvalue weighted by Crippen LogP contribution is 2.35. The zero-order valence-corrected chi connectivity index (χ0v) is 14.0. The molecule has 25 heavy (non-hydrogen) atoms. The average Bonchev–Trinajstić information content (AvgIpc) is 2.96. The molecule has 0 aliphatic carbocycles. The lowest BCUT2D eigenvalue weighted by molar-refractivity contribution is -0.00692. The number of para-hydroxylation sites is 1. The zero-order chi connectivity index (χ0) is 17.4. The van der Waals surface area contributed by atoms with E-state index >= 15 is 0 Å². The van der Waals surface area contributed by atoms with Gasteiger partial charge in [0.05, 0.1) is 11.1 Å². The molecule has 132 valence electrons. The number of halogens is 1. The van der Waals surface area contributed by atoms with Crippen LogP contribution in [0, 0.1) is 5.82 Å². The van der Waals surface area contributed by atoms with E-state index in [1.165, 1.54) is 18.2 Å². The maximum atomic E-state index is 14.0. The van der Waals surface area contributed by atoms with E-state index in [0.29, 0.717) is 13.1 Å². The minimum atomic E-state index is -0.529. The predicted octanol–water partition coefficient (Wildman–Crippen LogP) is 2.84. The van der Waals surface area contributed by atoms with Crippen molar-refractivity contribution in [3.05, 3.63) is 46.0 Å². The van der Waals surface area contributed by atoms with Gasteiger partial charge in [-0.25, -0.2) is 4.39 Å². The Morgan fingerprint density at radius 3 is 2.84 bits per heavy atom. The molecule has 0 bridgehead atoms. The van der Waals surface area contributed by atoms with E-state index in [2.05, 4.69) is 4.98 Å². The summed E-state index contributed by atoms with van der Waals surface area (Å²) in [6.45, 7) is 2.02. The number of carbonyl (C=O) groups excluding carboxylic acids is 1. The number of nitrogens with one attached hydrogen (secondary N) is 1. The normalized spacial score (nSPS) is 24.0. The van der Waals surface area contributed by atoms with E-state index in [1.807, 2.05) is 0 Å². The van der Waals surface area contributed by atoms with Crippen molar-refractivity contribution in [3.63, 3.8) is 0 Å². The first-order chi connectivity index (χ1) is 12.1.